The smallest absolute Gasteiger partial charge is 0.252 e. The third kappa shape index (κ3) is 2.97. The van der Waals surface area contributed by atoms with Crippen LogP contribution in [0.3, 0.4) is 0 Å². The van der Waals surface area contributed by atoms with E-state index in [0.717, 1.165) is 16.6 Å². The van der Waals surface area contributed by atoms with Crippen molar-refractivity contribution in [2.45, 2.75) is 32.2 Å². The van der Waals surface area contributed by atoms with Crippen LogP contribution < -0.4 is 11.1 Å². The second-order valence-electron chi connectivity index (χ2n) is 8.38. The lowest BCUT2D eigenvalue weighted by Gasteiger charge is -2.31. The molecule has 0 saturated heterocycles. The van der Waals surface area contributed by atoms with Crippen LogP contribution in [-0.2, 0) is 0 Å². The molecule has 2 aromatic heterocycles. The van der Waals surface area contributed by atoms with Crippen molar-refractivity contribution in [1.29, 1.82) is 0 Å². The molecule has 5 N–H and O–H groups in total. The van der Waals surface area contributed by atoms with Gasteiger partial charge in [-0.15, -0.1) is 0 Å². The largest absolute Gasteiger partial charge is 0.508 e. The van der Waals surface area contributed by atoms with Crippen LogP contribution in [0.2, 0.25) is 0 Å². The number of aromatic hydroxyl groups is 1. The van der Waals surface area contributed by atoms with Crippen LogP contribution in [0.5, 0.6) is 5.75 Å². The van der Waals surface area contributed by atoms with Gasteiger partial charge < -0.3 is 16.2 Å². The second-order valence-corrected chi connectivity index (χ2v) is 8.38. The highest BCUT2D eigenvalue weighted by Gasteiger charge is 2.47. The van der Waals surface area contributed by atoms with E-state index in [1.807, 2.05) is 13.0 Å². The predicted molar refractivity (Wildman–Crippen MR) is 110 cm³/mol. The number of nitrogens with one attached hydrogen (secondary N) is 2. The van der Waals surface area contributed by atoms with Gasteiger partial charge in [-0.1, -0.05) is 0 Å². The fourth-order valence-electron chi connectivity index (χ4n) is 5.34. The maximum Gasteiger partial charge on any atom is 0.252 e. The highest BCUT2D eigenvalue weighted by molar-refractivity contribution is 6.07. The lowest BCUT2D eigenvalue weighted by molar-refractivity contribution is 0.0904. The number of nitrogens with zero attached hydrogens (tertiary/aromatic N) is 2. The number of carbonyl (C=O) groups excluding carboxylic acids is 1. The summed E-state index contributed by atoms with van der Waals surface area (Å²) < 4.78 is 0. The van der Waals surface area contributed by atoms with E-state index in [0.29, 0.717) is 41.2 Å². The lowest BCUT2D eigenvalue weighted by Crippen LogP contribution is -2.46. The molecule has 4 atom stereocenters. The van der Waals surface area contributed by atoms with Crippen molar-refractivity contribution in [1.82, 2.24) is 20.5 Å². The molecular weight excluding hydrogens is 366 g/mol. The number of benzene rings is 1. The average molecular weight is 391 g/mol. The van der Waals surface area contributed by atoms with Crippen LogP contribution in [0, 0.1) is 24.7 Å². The summed E-state index contributed by atoms with van der Waals surface area (Å²) in [4.78, 5) is 18.0. The van der Waals surface area contributed by atoms with Gasteiger partial charge in [-0.3, -0.25) is 9.89 Å². The van der Waals surface area contributed by atoms with Gasteiger partial charge in [-0.25, -0.2) is 4.98 Å². The van der Waals surface area contributed by atoms with Crippen LogP contribution in [0.4, 0.5) is 0 Å². The number of aromatic nitrogens is 3. The van der Waals surface area contributed by atoms with Crippen LogP contribution in [0.1, 0.15) is 35.3 Å². The number of carbonyl (C=O) groups is 1. The highest BCUT2D eigenvalue weighted by atomic mass is 16.3. The number of hydrogen-bond acceptors (Lipinski definition) is 5. The van der Waals surface area contributed by atoms with E-state index >= 15 is 0 Å². The zero-order chi connectivity index (χ0) is 20.1. The number of nitrogens with two attached hydrogens (primary N) is 1. The van der Waals surface area contributed by atoms with E-state index in [-0.39, 0.29) is 17.7 Å². The quantitative estimate of drug-likeness (QED) is 0.546. The minimum Gasteiger partial charge on any atom is -0.508 e. The summed E-state index contributed by atoms with van der Waals surface area (Å²) in [6.07, 6.45) is 3.56. The van der Waals surface area contributed by atoms with Crippen molar-refractivity contribution in [3.05, 3.63) is 41.6 Å². The van der Waals surface area contributed by atoms with Crippen molar-refractivity contribution in [3.8, 4) is 17.0 Å². The molecule has 0 radical (unpaired) electrons. The summed E-state index contributed by atoms with van der Waals surface area (Å²) >= 11 is 0. The number of phenols is 1. The molecule has 5 rings (SSSR count). The Bertz CT molecular complexity index is 1070. The van der Waals surface area contributed by atoms with E-state index in [2.05, 4.69) is 20.5 Å². The number of pyridine rings is 1. The minimum absolute atomic E-state index is 0.0991. The number of aryl methyl sites for hydroxylation is 1. The number of H-pyrrole nitrogens is 1. The van der Waals surface area contributed by atoms with Crippen molar-refractivity contribution < 1.29 is 9.90 Å². The minimum atomic E-state index is -0.0991. The molecule has 1 amide bonds. The molecular formula is C22H25N5O2. The number of aromatic amines is 1. The van der Waals surface area contributed by atoms with Crippen molar-refractivity contribution in [3.63, 3.8) is 0 Å². The highest BCUT2D eigenvalue weighted by Crippen LogP contribution is 2.48. The summed E-state index contributed by atoms with van der Waals surface area (Å²) in [6.45, 7) is 2.51. The van der Waals surface area contributed by atoms with Crippen LogP contribution in [0.15, 0.2) is 30.3 Å². The molecule has 1 aromatic carbocycles. The van der Waals surface area contributed by atoms with Crippen molar-refractivity contribution in [2.24, 2.45) is 23.5 Å². The summed E-state index contributed by atoms with van der Waals surface area (Å²) in [5, 5.41) is 20.8. The number of rotatable bonds is 4. The molecule has 7 nitrogen and oxygen atoms in total. The van der Waals surface area contributed by atoms with E-state index < -0.39 is 0 Å². The summed E-state index contributed by atoms with van der Waals surface area (Å²) in [6, 6.07) is 8.74. The molecule has 7 heteroatoms. The third-order valence-corrected chi connectivity index (χ3v) is 6.77. The van der Waals surface area contributed by atoms with Gasteiger partial charge >= 0.3 is 0 Å². The maximum atomic E-state index is 13.4. The third-order valence-electron chi connectivity index (χ3n) is 6.77. The zero-order valence-electron chi connectivity index (χ0n) is 16.4. The topological polar surface area (TPSA) is 117 Å². The first-order valence-electron chi connectivity index (χ1n) is 10.2. The molecule has 4 unspecified atom stereocenters. The summed E-state index contributed by atoms with van der Waals surface area (Å²) in [7, 11) is 0. The van der Waals surface area contributed by atoms with E-state index in [1.165, 1.54) is 19.3 Å². The Hall–Kier alpha value is -2.93. The van der Waals surface area contributed by atoms with Crippen LogP contribution >= 0.6 is 0 Å². The van der Waals surface area contributed by atoms with Crippen LogP contribution in [0.25, 0.3) is 22.3 Å². The monoisotopic (exact) mass is 391 g/mol. The standard InChI is InChI=1S/C22H25N5O2/c1-11-19-16(22(29)25-20-14-3-2-13(8-14)17(20)10-23)9-18(24-21(19)27-26-11)12-4-6-15(28)7-5-12/h4-7,9,13-14,17,20,28H,2-3,8,10,23H2,1H3,(H,25,29)(H,24,26,27). The van der Waals surface area contributed by atoms with Gasteiger partial charge in [0.05, 0.1) is 16.6 Å². The first kappa shape index (κ1) is 18.1. The Kier molecular flexibility index (Phi) is 4.28. The zero-order valence-corrected chi connectivity index (χ0v) is 16.4. The molecule has 2 saturated carbocycles. The molecule has 2 aliphatic carbocycles. The maximum absolute atomic E-state index is 13.4. The van der Waals surface area contributed by atoms with Crippen molar-refractivity contribution >= 4 is 16.9 Å². The molecule has 150 valence electrons. The molecule has 2 aliphatic rings. The van der Waals surface area contributed by atoms with E-state index in [4.69, 9.17) is 5.73 Å². The first-order chi connectivity index (χ1) is 14.0. The molecule has 0 aliphatic heterocycles. The molecule has 2 heterocycles. The summed E-state index contributed by atoms with van der Waals surface area (Å²) in [5.74, 6) is 1.61. The Morgan fingerprint density at radius 2 is 2.03 bits per heavy atom. The fourth-order valence-corrected chi connectivity index (χ4v) is 5.34. The van der Waals surface area contributed by atoms with Gasteiger partial charge in [-0.05, 0) is 80.8 Å². The lowest BCUT2D eigenvalue weighted by atomic mass is 9.84. The van der Waals surface area contributed by atoms with Gasteiger partial charge in [0.2, 0.25) is 0 Å². The second kappa shape index (κ2) is 6.84. The first-order valence-corrected chi connectivity index (χ1v) is 10.2. The van der Waals surface area contributed by atoms with Crippen molar-refractivity contribution in [2.75, 3.05) is 6.54 Å². The Morgan fingerprint density at radius 3 is 2.79 bits per heavy atom. The van der Waals surface area contributed by atoms with Gasteiger partial charge in [0.15, 0.2) is 5.65 Å². The molecule has 3 aromatic rings. The van der Waals surface area contributed by atoms with Gasteiger partial charge in [0.25, 0.3) is 5.91 Å². The van der Waals surface area contributed by atoms with E-state index in [9.17, 15) is 9.90 Å². The number of fused-ring (bicyclic) bond motifs is 3. The molecule has 2 bridgehead atoms. The molecule has 0 spiro atoms. The normalized spacial score (nSPS) is 25.6. The van der Waals surface area contributed by atoms with E-state index in [1.54, 1.807) is 24.3 Å². The SMILES string of the molecule is Cc1[nH]nc2nc(-c3ccc(O)cc3)cc(C(=O)NC3C4CCC(C4)C3CN)c12. The molecule has 2 fully saturated rings. The molecule has 29 heavy (non-hydrogen) atoms. The number of amides is 1. The van der Waals surface area contributed by atoms with Gasteiger partial charge in [0, 0.05) is 17.3 Å². The fraction of sp³-hybridized carbons (Fsp3) is 0.409. The Labute approximate surface area is 168 Å². The average Bonchev–Trinajstić information content (AvgIpc) is 3.43. The number of hydrogen-bond donors (Lipinski definition) is 4. The Balaban J connectivity index is 1.53. The number of phenolic OH excluding ortho intramolecular Hbond substituents is 1. The predicted octanol–water partition coefficient (Wildman–Crippen LogP) is 2.74. The van der Waals surface area contributed by atoms with Crippen LogP contribution in [-0.4, -0.2) is 38.8 Å². The Morgan fingerprint density at radius 1 is 1.28 bits per heavy atom. The van der Waals surface area contributed by atoms with Gasteiger partial charge in [0.1, 0.15) is 5.75 Å². The summed E-state index contributed by atoms with van der Waals surface area (Å²) in [5.41, 5.74) is 9.41. The van der Waals surface area contributed by atoms with Gasteiger partial charge in [-0.2, -0.15) is 5.10 Å².